The Bertz CT molecular complexity index is 331. The number of nitrogens with two attached hydrogens (primary N) is 1. The first-order valence-electron chi connectivity index (χ1n) is 5.41. The van der Waals surface area contributed by atoms with Crippen molar-refractivity contribution in [2.45, 2.75) is 39.2 Å². The van der Waals surface area contributed by atoms with Crippen LogP contribution in [-0.4, -0.2) is 12.6 Å². The van der Waals surface area contributed by atoms with Crippen LogP contribution in [0.15, 0.2) is 18.2 Å². The van der Waals surface area contributed by atoms with Gasteiger partial charge in [-0.3, -0.25) is 0 Å². The van der Waals surface area contributed by atoms with E-state index in [4.69, 9.17) is 10.5 Å². The maximum Gasteiger partial charge on any atom is 0.125 e. The molecule has 0 heterocycles. The van der Waals surface area contributed by atoms with Crippen molar-refractivity contribution in [3.05, 3.63) is 29.3 Å². The molecule has 2 heteroatoms. The predicted molar refractivity (Wildman–Crippen MR) is 64.3 cm³/mol. The molecule has 15 heavy (non-hydrogen) atoms. The number of ether oxygens (including phenoxy) is 1. The summed E-state index contributed by atoms with van der Waals surface area (Å²) in [4.78, 5) is 0. The Morgan fingerprint density at radius 3 is 2.60 bits per heavy atom. The molecular weight excluding hydrogens is 186 g/mol. The van der Waals surface area contributed by atoms with E-state index in [0.717, 1.165) is 18.6 Å². The SMILES string of the molecule is CC[C@@](C)(N)Cc1cccc(C)c1OC. The maximum absolute atomic E-state index is 6.17. The molecule has 0 saturated heterocycles. The Balaban J connectivity index is 2.99. The minimum atomic E-state index is -0.152. The van der Waals surface area contributed by atoms with Crippen molar-refractivity contribution in [2.75, 3.05) is 7.11 Å². The van der Waals surface area contributed by atoms with E-state index in [2.05, 4.69) is 39.0 Å². The topological polar surface area (TPSA) is 35.2 Å². The van der Waals surface area contributed by atoms with Gasteiger partial charge in [-0.05, 0) is 37.8 Å². The Morgan fingerprint density at radius 2 is 2.07 bits per heavy atom. The third-order valence-corrected chi connectivity index (χ3v) is 2.90. The Morgan fingerprint density at radius 1 is 1.40 bits per heavy atom. The highest BCUT2D eigenvalue weighted by atomic mass is 16.5. The Hall–Kier alpha value is -1.02. The summed E-state index contributed by atoms with van der Waals surface area (Å²) >= 11 is 0. The molecule has 2 N–H and O–H groups in total. The van der Waals surface area contributed by atoms with Gasteiger partial charge in [0.15, 0.2) is 0 Å². The highest BCUT2D eigenvalue weighted by Gasteiger charge is 2.19. The van der Waals surface area contributed by atoms with Gasteiger partial charge in [-0.15, -0.1) is 0 Å². The van der Waals surface area contributed by atoms with Crippen LogP contribution in [0.3, 0.4) is 0 Å². The molecule has 0 aliphatic heterocycles. The molecule has 0 amide bonds. The number of benzene rings is 1. The molecule has 0 fully saturated rings. The van der Waals surface area contributed by atoms with E-state index in [1.54, 1.807) is 7.11 Å². The molecule has 2 nitrogen and oxygen atoms in total. The molecule has 1 rings (SSSR count). The van der Waals surface area contributed by atoms with Crippen LogP contribution in [0, 0.1) is 6.92 Å². The lowest BCUT2D eigenvalue weighted by atomic mass is 9.90. The van der Waals surface area contributed by atoms with Gasteiger partial charge in [0, 0.05) is 5.54 Å². The largest absolute Gasteiger partial charge is 0.496 e. The van der Waals surface area contributed by atoms with E-state index in [1.165, 1.54) is 11.1 Å². The third kappa shape index (κ3) is 2.96. The zero-order chi connectivity index (χ0) is 11.5. The summed E-state index contributed by atoms with van der Waals surface area (Å²) in [7, 11) is 1.71. The monoisotopic (exact) mass is 207 g/mol. The van der Waals surface area contributed by atoms with Gasteiger partial charge in [0.05, 0.1) is 7.11 Å². The van der Waals surface area contributed by atoms with Crippen molar-refractivity contribution in [3.63, 3.8) is 0 Å². The standard InChI is InChI=1S/C13H21NO/c1-5-13(3,14)9-11-8-6-7-10(2)12(11)15-4/h6-8H,5,9,14H2,1-4H3/t13-/m1/s1. The normalized spacial score (nSPS) is 14.7. The van der Waals surface area contributed by atoms with Gasteiger partial charge >= 0.3 is 0 Å². The van der Waals surface area contributed by atoms with Crippen LogP contribution in [0.2, 0.25) is 0 Å². The predicted octanol–water partition coefficient (Wildman–Crippen LogP) is 2.67. The van der Waals surface area contributed by atoms with Gasteiger partial charge in [-0.2, -0.15) is 0 Å². The molecular formula is C13H21NO. The average Bonchev–Trinajstić information content (AvgIpc) is 2.18. The van der Waals surface area contributed by atoms with Crippen molar-refractivity contribution < 1.29 is 4.74 Å². The quantitative estimate of drug-likeness (QED) is 0.823. The number of hydrogen-bond acceptors (Lipinski definition) is 2. The number of aryl methyl sites for hydroxylation is 1. The van der Waals surface area contributed by atoms with Gasteiger partial charge in [-0.1, -0.05) is 25.1 Å². The van der Waals surface area contributed by atoms with Crippen LogP contribution in [0.4, 0.5) is 0 Å². The second-order valence-corrected chi connectivity index (χ2v) is 4.45. The number of para-hydroxylation sites is 1. The Kier molecular flexibility index (Phi) is 3.75. The van der Waals surface area contributed by atoms with Crippen molar-refractivity contribution in [1.82, 2.24) is 0 Å². The summed E-state index contributed by atoms with van der Waals surface area (Å²) in [5.74, 6) is 0.975. The van der Waals surface area contributed by atoms with E-state index in [0.29, 0.717) is 0 Å². The lowest BCUT2D eigenvalue weighted by molar-refractivity contribution is 0.392. The fraction of sp³-hybridized carbons (Fsp3) is 0.538. The van der Waals surface area contributed by atoms with E-state index in [1.807, 2.05) is 0 Å². The Labute approximate surface area is 92.4 Å². The molecule has 1 aromatic carbocycles. The second-order valence-electron chi connectivity index (χ2n) is 4.45. The van der Waals surface area contributed by atoms with Crippen LogP contribution in [0.1, 0.15) is 31.4 Å². The zero-order valence-electron chi connectivity index (χ0n) is 10.1. The molecule has 0 unspecified atom stereocenters. The van der Waals surface area contributed by atoms with Gasteiger partial charge in [0.2, 0.25) is 0 Å². The summed E-state index contributed by atoms with van der Waals surface area (Å²) in [6.45, 7) is 6.25. The summed E-state index contributed by atoms with van der Waals surface area (Å²) in [6, 6.07) is 6.20. The molecule has 0 bridgehead atoms. The van der Waals surface area contributed by atoms with Crippen LogP contribution in [0.25, 0.3) is 0 Å². The maximum atomic E-state index is 6.17. The second kappa shape index (κ2) is 4.67. The van der Waals surface area contributed by atoms with Gasteiger partial charge in [0.1, 0.15) is 5.75 Å². The van der Waals surface area contributed by atoms with Gasteiger partial charge in [-0.25, -0.2) is 0 Å². The molecule has 84 valence electrons. The van der Waals surface area contributed by atoms with Crippen LogP contribution >= 0.6 is 0 Å². The first-order valence-corrected chi connectivity index (χ1v) is 5.41. The van der Waals surface area contributed by atoms with Crippen LogP contribution in [-0.2, 0) is 6.42 Å². The smallest absolute Gasteiger partial charge is 0.125 e. The number of rotatable bonds is 4. The van der Waals surface area contributed by atoms with Crippen molar-refractivity contribution >= 4 is 0 Å². The summed E-state index contributed by atoms with van der Waals surface area (Å²) < 4.78 is 5.41. The lowest BCUT2D eigenvalue weighted by Gasteiger charge is -2.24. The molecule has 1 atom stereocenters. The van der Waals surface area contributed by atoms with E-state index in [-0.39, 0.29) is 5.54 Å². The lowest BCUT2D eigenvalue weighted by Crippen LogP contribution is -2.37. The summed E-state index contributed by atoms with van der Waals surface area (Å²) in [5.41, 5.74) is 8.38. The minimum Gasteiger partial charge on any atom is -0.496 e. The molecule has 0 saturated carbocycles. The highest BCUT2D eigenvalue weighted by molar-refractivity contribution is 5.41. The summed E-state index contributed by atoms with van der Waals surface area (Å²) in [6.07, 6.45) is 1.82. The first kappa shape index (κ1) is 12.1. The molecule has 0 aromatic heterocycles. The van der Waals surface area contributed by atoms with E-state index >= 15 is 0 Å². The highest BCUT2D eigenvalue weighted by Crippen LogP contribution is 2.26. The van der Waals surface area contributed by atoms with Crippen molar-refractivity contribution in [3.8, 4) is 5.75 Å². The fourth-order valence-corrected chi connectivity index (χ4v) is 1.70. The van der Waals surface area contributed by atoms with Crippen LogP contribution in [0.5, 0.6) is 5.75 Å². The van der Waals surface area contributed by atoms with Gasteiger partial charge in [0.25, 0.3) is 0 Å². The van der Waals surface area contributed by atoms with Crippen molar-refractivity contribution in [1.29, 1.82) is 0 Å². The molecule has 0 radical (unpaired) electrons. The molecule has 0 aliphatic carbocycles. The molecule has 1 aromatic rings. The number of methoxy groups -OCH3 is 1. The van der Waals surface area contributed by atoms with E-state index < -0.39 is 0 Å². The van der Waals surface area contributed by atoms with Crippen molar-refractivity contribution in [2.24, 2.45) is 5.73 Å². The zero-order valence-corrected chi connectivity index (χ0v) is 10.1. The third-order valence-electron chi connectivity index (χ3n) is 2.90. The molecule has 0 aliphatic rings. The molecule has 0 spiro atoms. The van der Waals surface area contributed by atoms with Crippen LogP contribution < -0.4 is 10.5 Å². The van der Waals surface area contributed by atoms with E-state index in [9.17, 15) is 0 Å². The van der Waals surface area contributed by atoms with Gasteiger partial charge < -0.3 is 10.5 Å². The first-order chi connectivity index (χ1) is 7.00. The minimum absolute atomic E-state index is 0.152. The number of hydrogen-bond donors (Lipinski definition) is 1. The fourth-order valence-electron chi connectivity index (χ4n) is 1.70. The average molecular weight is 207 g/mol. The summed E-state index contributed by atoms with van der Waals surface area (Å²) in [5, 5.41) is 0.